The minimum Gasteiger partial charge on any atom is -0.482 e. The van der Waals surface area contributed by atoms with Crippen molar-refractivity contribution >= 4 is 46.7 Å². The third kappa shape index (κ3) is 4.84. The van der Waals surface area contributed by atoms with Crippen molar-refractivity contribution in [3.63, 3.8) is 0 Å². The van der Waals surface area contributed by atoms with Gasteiger partial charge in [0.2, 0.25) is 12.7 Å². The fourth-order valence-electron chi connectivity index (χ4n) is 4.06. The maximum absolute atomic E-state index is 13.2. The minimum atomic E-state index is -1.07. The van der Waals surface area contributed by atoms with Gasteiger partial charge in [-0.3, -0.25) is 9.59 Å². The summed E-state index contributed by atoms with van der Waals surface area (Å²) in [4.78, 5) is 38.5. The Morgan fingerprint density at radius 2 is 1.75 bits per heavy atom. The molecule has 2 heterocycles. The van der Waals surface area contributed by atoms with Crippen molar-refractivity contribution in [2.45, 2.75) is 11.3 Å². The van der Waals surface area contributed by atoms with Crippen LogP contribution >= 0.6 is 23.4 Å². The molecule has 0 bridgehead atoms. The van der Waals surface area contributed by atoms with E-state index in [1.54, 1.807) is 71.6 Å². The van der Waals surface area contributed by atoms with E-state index in [0.717, 1.165) is 5.56 Å². The number of rotatable bonds is 9. The lowest BCUT2D eigenvalue weighted by Gasteiger charge is -2.47. The van der Waals surface area contributed by atoms with Gasteiger partial charge in [0.05, 0.1) is 11.8 Å². The molecule has 0 aromatic heterocycles. The van der Waals surface area contributed by atoms with Crippen LogP contribution in [0.15, 0.2) is 66.7 Å². The van der Waals surface area contributed by atoms with Crippen LogP contribution in [-0.2, 0) is 9.59 Å². The van der Waals surface area contributed by atoms with E-state index in [-0.39, 0.29) is 30.3 Å². The first-order chi connectivity index (χ1) is 17.4. The molecular weight excluding hydrogens is 506 g/mol. The number of carbonyl (C=O) groups is 3. The molecule has 2 unspecified atom stereocenters. The Morgan fingerprint density at radius 1 is 1.03 bits per heavy atom. The molecule has 36 heavy (non-hydrogen) atoms. The van der Waals surface area contributed by atoms with Gasteiger partial charge in [0.1, 0.15) is 11.0 Å². The summed E-state index contributed by atoms with van der Waals surface area (Å²) in [6.45, 7) is -0.320. The van der Waals surface area contributed by atoms with Crippen molar-refractivity contribution in [1.29, 1.82) is 0 Å². The van der Waals surface area contributed by atoms with E-state index >= 15 is 0 Å². The van der Waals surface area contributed by atoms with Crippen LogP contribution in [0.3, 0.4) is 0 Å². The first-order valence-electron chi connectivity index (χ1n) is 11.0. The van der Waals surface area contributed by atoms with Gasteiger partial charge in [-0.2, -0.15) is 0 Å². The fraction of sp³-hybridized carbons (Fsp3) is 0.192. The van der Waals surface area contributed by atoms with E-state index < -0.39 is 17.8 Å². The summed E-state index contributed by atoms with van der Waals surface area (Å²) in [5.74, 6) is 0.351. The van der Waals surface area contributed by atoms with Crippen LogP contribution in [0.1, 0.15) is 22.0 Å². The highest BCUT2D eigenvalue weighted by Gasteiger charge is 2.49. The Morgan fingerprint density at radius 3 is 2.47 bits per heavy atom. The van der Waals surface area contributed by atoms with Gasteiger partial charge in [-0.15, -0.1) is 11.8 Å². The predicted octanol–water partition coefficient (Wildman–Crippen LogP) is 4.60. The minimum absolute atomic E-state index is 0.112. The summed E-state index contributed by atoms with van der Waals surface area (Å²) < 4.78 is 15.9. The second kappa shape index (κ2) is 10.1. The monoisotopic (exact) mass is 525 g/mol. The Bertz CT molecular complexity index is 1310. The Labute approximate surface area is 215 Å². The number of fused-ring (bicyclic) bond motifs is 1. The lowest BCUT2D eigenvalue weighted by molar-refractivity contribution is -0.139. The second-order valence-electron chi connectivity index (χ2n) is 8.10. The van der Waals surface area contributed by atoms with Gasteiger partial charge < -0.3 is 24.2 Å². The van der Waals surface area contributed by atoms with Crippen LogP contribution < -0.4 is 19.1 Å². The maximum Gasteiger partial charge on any atom is 0.341 e. The van der Waals surface area contributed by atoms with Crippen LogP contribution in [0, 0.1) is 0 Å². The molecular formula is C26H20ClNO7S. The number of thioether (sulfide) groups is 1. The zero-order valence-corrected chi connectivity index (χ0v) is 20.3. The zero-order chi connectivity index (χ0) is 25.2. The molecule has 1 amide bonds. The van der Waals surface area contributed by atoms with E-state index in [1.165, 1.54) is 11.8 Å². The van der Waals surface area contributed by atoms with Gasteiger partial charge in [-0.25, -0.2) is 4.79 Å². The molecule has 2 aliphatic rings. The van der Waals surface area contributed by atoms with E-state index in [2.05, 4.69) is 0 Å². The number of hydrogen-bond donors (Lipinski definition) is 1. The number of ketones is 1. The van der Waals surface area contributed by atoms with Gasteiger partial charge in [0.25, 0.3) is 0 Å². The van der Waals surface area contributed by atoms with Gasteiger partial charge in [0.15, 0.2) is 23.9 Å². The highest BCUT2D eigenvalue weighted by atomic mass is 35.5. The molecule has 2 atom stereocenters. The van der Waals surface area contributed by atoms with Gasteiger partial charge in [-0.1, -0.05) is 23.7 Å². The zero-order valence-electron chi connectivity index (χ0n) is 18.8. The molecule has 1 N–H and O–H groups in total. The highest BCUT2D eigenvalue weighted by molar-refractivity contribution is 8.01. The van der Waals surface area contributed by atoms with Crippen molar-refractivity contribution in [1.82, 2.24) is 0 Å². The highest BCUT2D eigenvalue weighted by Crippen LogP contribution is 2.46. The molecule has 10 heteroatoms. The number of carboxylic acid groups (broad SMARTS) is 1. The maximum atomic E-state index is 13.2. The Balaban J connectivity index is 1.34. The van der Waals surface area contributed by atoms with E-state index in [4.69, 9.17) is 30.9 Å². The number of amides is 1. The third-order valence-corrected chi connectivity index (χ3v) is 7.32. The molecule has 1 fully saturated rings. The normalized spacial score (nSPS) is 18.0. The van der Waals surface area contributed by atoms with E-state index in [1.807, 2.05) is 0 Å². The number of carbonyl (C=O) groups excluding carboxylic acids is 2. The number of hydrogen-bond acceptors (Lipinski definition) is 7. The number of anilines is 1. The third-order valence-electron chi connectivity index (χ3n) is 5.82. The molecule has 0 radical (unpaired) electrons. The summed E-state index contributed by atoms with van der Waals surface area (Å²) in [6, 6.07) is 18.6. The largest absolute Gasteiger partial charge is 0.482 e. The van der Waals surface area contributed by atoms with Crippen molar-refractivity contribution in [2.24, 2.45) is 0 Å². The fourth-order valence-corrected chi connectivity index (χ4v) is 5.40. The quantitative estimate of drug-likeness (QED) is 0.319. The molecule has 1 saturated heterocycles. The van der Waals surface area contributed by atoms with E-state index in [0.29, 0.717) is 33.5 Å². The summed E-state index contributed by atoms with van der Waals surface area (Å²) in [7, 11) is 0. The SMILES string of the molecule is O=C(O)COc1ccc(C2C(SCC(=O)c3ccc4c(c3)OCO4)C(=O)N2c2ccc(Cl)cc2)cc1. The Hall–Kier alpha value is -3.69. The number of Topliss-reactive ketones (excluding diaryl/α,β-unsaturated/α-hetero) is 1. The summed E-state index contributed by atoms with van der Waals surface area (Å²) >= 11 is 7.31. The van der Waals surface area contributed by atoms with Crippen molar-refractivity contribution < 1.29 is 33.7 Å². The molecule has 3 aromatic rings. The lowest BCUT2D eigenvalue weighted by atomic mass is 9.92. The van der Waals surface area contributed by atoms with Crippen LogP contribution in [0.4, 0.5) is 5.69 Å². The summed E-state index contributed by atoms with van der Waals surface area (Å²) in [5, 5.41) is 8.90. The second-order valence-corrected chi connectivity index (χ2v) is 9.67. The molecule has 8 nitrogen and oxygen atoms in total. The van der Waals surface area contributed by atoms with Gasteiger partial charge in [0, 0.05) is 16.3 Å². The van der Waals surface area contributed by atoms with Crippen molar-refractivity contribution in [3.8, 4) is 17.2 Å². The smallest absolute Gasteiger partial charge is 0.341 e. The number of aliphatic carboxylic acids is 1. The molecule has 0 aliphatic carbocycles. The van der Waals surface area contributed by atoms with Crippen molar-refractivity contribution in [3.05, 3.63) is 82.9 Å². The molecule has 5 rings (SSSR count). The predicted molar refractivity (Wildman–Crippen MR) is 134 cm³/mol. The number of benzene rings is 3. The Kier molecular flexibility index (Phi) is 6.75. The molecule has 0 spiro atoms. The first-order valence-corrected chi connectivity index (χ1v) is 12.4. The van der Waals surface area contributed by atoms with Crippen molar-refractivity contribution in [2.75, 3.05) is 24.1 Å². The number of carboxylic acids is 1. The lowest BCUT2D eigenvalue weighted by Crippen LogP contribution is -2.57. The van der Waals surface area contributed by atoms with Gasteiger partial charge >= 0.3 is 5.97 Å². The standard InChI is InChI=1S/C26H20ClNO7S/c27-17-4-6-18(7-5-17)28-24(15-1-8-19(9-2-15)33-12-23(30)31)25(26(28)32)36-13-20(29)16-3-10-21-22(11-16)35-14-34-21/h1-11,24-25H,12-14H2,(H,30,31). The first kappa shape index (κ1) is 24.0. The number of ether oxygens (including phenoxy) is 3. The average molecular weight is 526 g/mol. The topological polar surface area (TPSA) is 102 Å². The van der Waals surface area contributed by atoms with Crippen LogP contribution in [0.2, 0.25) is 5.02 Å². The van der Waals surface area contributed by atoms with Gasteiger partial charge in [-0.05, 0) is 60.2 Å². The van der Waals surface area contributed by atoms with Crippen LogP contribution in [0.25, 0.3) is 0 Å². The molecule has 0 saturated carbocycles. The molecule has 2 aliphatic heterocycles. The summed E-state index contributed by atoms with van der Waals surface area (Å²) in [6.07, 6.45) is 0. The van der Waals surface area contributed by atoms with E-state index in [9.17, 15) is 14.4 Å². The van der Waals surface area contributed by atoms with Crippen LogP contribution in [0.5, 0.6) is 17.2 Å². The van der Waals surface area contributed by atoms with Crippen LogP contribution in [-0.4, -0.2) is 47.2 Å². The number of halogens is 1. The molecule has 184 valence electrons. The summed E-state index contributed by atoms with van der Waals surface area (Å²) in [5.41, 5.74) is 2.02. The number of nitrogens with zero attached hydrogens (tertiary/aromatic N) is 1. The average Bonchev–Trinajstić information content (AvgIpc) is 3.35. The molecule has 3 aromatic carbocycles. The number of β-lactam (4-membered cyclic amide) rings is 1.